The Morgan fingerprint density at radius 2 is 2.20 bits per heavy atom. The first kappa shape index (κ1) is 13.1. The monoisotopic (exact) mass is 285 g/mol. The second-order valence-electron chi connectivity index (χ2n) is 4.88. The maximum atomic E-state index is 9.27. The van der Waals surface area contributed by atoms with Crippen LogP contribution in [0.2, 0.25) is 0 Å². The molecule has 2 aromatic heterocycles. The van der Waals surface area contributed by atoms with Crippen molar-refractivity contribution in [2.75, 3.05) is 0 Å². The van der Waals surface area contributed by atoms with Gasteiger partial charge in [0, 0.05) is 19.2 Å². The zero-order chi connectivity index (χ0) is 13.9. The summed E-state index contributed by atoms with van der Waals surface area (Å²) in [5, 5.41) is 19.4. The molecule has 1 aliphatic heterocycles. The van der Waals surface area contributed by atoms with E-state index >= 15 is 0 Å². The highest BCUT2D eigenvalue weighted by Crippen LogP contribution is 2.30. The van der Waals surface area contributed by atoms with Crippen LogP contribution in [0.4, 0.5) is 0 Å². The number of nitriles is 1. The number of hydrogen-bond donors (Lipinski definition) is 0. The third-order valence-corrected chi connectivity index (χ3v) is 4.49. The number of aromatic nitrogens is 4. The molecule has 2 aromatic rings. The second-order valence-corrected chi connectivity index (χ2v) is 5.84. The van der Waals surface area contributed by atoms with E-state index in [4.69, 9.17) is 0 Å². The van der Waals surface area contributed by atoms with E-state index in [1.54, 1.807) is 6.20 Å². The molecule has 6 heteroatoms. The predicted molar refractivity (Wildman–Crippen MR) is 75.4 cm³/mol. The third kappa shape index (κ3) is 2.41. The Morgan fingerprint density at radius 3 is 3.05 bits per heavy atom. The molecule has 5 nitrogen and oxygen atoms in total. The molecule has 0 unspecified atom stereocenters. The SMILES string of the molecule is Cc1ccnc(Sc2nnc3n2CCCCC3)c1C#N. The largest absolute Gasteiger partial charge is 0.306 e. The second kappa shape index (κ2) is 5.63. The zero-order valence-electron chi connectivity index (χ0n) is 11.3. The minimum absolute atomic E-state index is 0.628. The van der Waals surface area contributed by atoms with Gasteiger partial charge in [-0.1, -0.05) is 6.42 Å². The molecule has 3 heterocycles. The molecule has 0 atom stereocenters. The molecule has 0 aliphatic carbocycles. The Kier molecular flexibility index (Phi) is 3.70. The van der Waals surface area contributed by atoms with E-state index in [1.807, 2.05) is 13.0 Å². The number of fused-ring (bicyclic) bond motifs is 1. The minimum Gasteiger partial charge on any atom is -0.306 e. The fourth-order valence-corrected chi connectivity index (χ4v) is 3.35. The summed E-state index contributed by atoms with van der Waals surface area (Å²) in [7, 11) is 0. The van der Waals surface area contributed by atoms with Crippen LogP contribution in [0.5, 0.6) is 0 Å². The normalized spacial score (nSPS) is 14.4. The molecular formula is C14H15N5S. The Labute approximate surface area is 122 Å². The van der Waals surface area contributed by atoms with E-state index in [9.17, 15) is 5.26 Å². The van der Waals surface area contributed by atoms with Gasteiger partial charge in [-0.2, -0.15) is 5.26 Å². The average Bonchev–Trinajstić information content (AvgIpc) is 2.68. The van der Waals surface area contributed by atoms with Gasteiger partial charge in [0.05, 0.1) is 5.56 Å². The number of rotatable bonds is 2. The van der Waals surface area contributed by atoms with E-state index in [-0.39, 0.29) is 0 Å². The van der Waals surface area contributed by atoms with E-state index in [1.165, 1.54) is 24.6 Å². The van der Waals surface area contributed by atoms with Crippen LogP contribution in [0, 0.1) is 18.3 Å². The topological polar surface area (TPSA) is 67.4 Å². The Morgan fingerprint density at radius 1 is 1.30 bits per heavy atom. The quantitative estimate of drug-likeness (QED) is 0.848. The highest BCUT2D eigenvalue weighted by atomic mass is 32.2. The van der Waals surface area contributed by atoms with Crippen molar-refractivity contribution in [3.05, 3.63) is 29.2 Å². The lowest BCUT2D eigenvalue weighted by Gasteiger charge is -2.07. The summed E-state index contributed by atoms with van der Waals surface area (Å²) >= 11 is 1.44. The molecule has 0 bridgehead atoms. The first-order valence-electron chi connectivity index (χ1n) is 6.75. The lowest BCUT2D eigenvalue weighted by Crippen LogP contribution is -2.02. The lowest BCUT2D eigenvalue weighted by molar-refractivity contribution is 0.590. The molecular weight excluding hydrogens is 270 g/mol. The highest BCUT2D eigenvalue weighted by molar-refractivity contribution is 7.99. The molecule has 0 fully saturated rings. The zero-order valence-corrected chi connectivity index (χ0v) is 12.2. The van der Waals surface area contributed by atoms with Gasteiger partial charge in [-0.3, -0.25) is 0 Å². The fourth-order valence-electron chi connectivity index (χ4n) is 2.37. The number of hydrogen-bond acceptors (Lipinski definition) is 5. The molecule has 102 valence electrons. The van der Waals surface area contributed by atoms with E-state index < -0.39 is 0 Å². The smallest absolute Gasteiger partial charge is 0.197 e. The van der Waals surface area contributed by atoms with E-state index in [0.29, 0.717) is 10.6 Å². The van der Waals surface area contributed by atoms with Crippen LogP contribution < -0.4 is 0 Å². The lowest BCUT2D eigenvalue weighted by atomic mass is 10.2. The highest BCUT2D eigenvalue weighted by Gasteiger charge is 2.17. The van der Waals surface area contributed by atoms with Crippen molar-refractivity contribution < 1.29 is 0 Å². The maximum Gasteiger partial charge on any atom is 0.197 e. The van der Waals surface area contributed by atoms with Crippen LogP contribution in [0.3, 0.4) is 0 Å². The first-order chi connectivity index (χ1) is 9.79. The minimum atomic E-state index is 0.628. The van der Waals surface area contributed by atoms with Crippen LogP contribution in [0.1, 0.15) is 36.2 Å². The summed E-state index contributed by atoms with van der Waals surface area (Å²) in [4.78, 5) is 4.32. The molecule has 0 spiro atoms. The molecule has 0 amide bonds. The van der Waals surface area contributed by atoms with Gasteiger partial charge in [-0.15, -0.1) is 10.2 Å². The Bertz CT molecular complexity index is 671. The number of nitrogens with zero attached hydrogens (tertiary/aromatic N) is 5. The van der Waals surface area contributed by atoms with Gasteiger partial charge in [0.25, 0.3) is 0 Å². The maximum absolute atomic E-state index is 9.27. The standard InChI is InChI=1S/C14H15N5S/c1-10-6-7-16-13(11(10)9-15)20-14-18-17-12-5-3-2-4-8-19(12)14/h6-7H,2-5,8H2,1H3. The number of aryl methyl sites for hydroxylation is 2. The summed E-state index contributed by atoms with van der Waals surface area (Å²) in [5.41, 5.74) is 1.57. The fraction of sp³-hybridized carbons (Fsp3) is 0.429. The molecule has 0 saturated heterocycles. The Balaban J connectivity index is 1.95. The van der Waals surface area contributed by atoms with Crippen molar-refractivity contribution in [1.82, 2.24) is 19.7 Å². The van der Waals surface area contributed by atoms with Gasteiger partial charge >= 0.3 is 0 Å². The van der Waals surface area contributed by atoms with E-state index in [2.05, 4.69) is 25.8 Å². The molecule has 0 aromatic carbocycles. The molecule has 0 saturated carbocycles. The summed E-state index contributed by atoms with van der Waals surface area (Å²) in [6, 6.07) is 4.08. The molecule has 0 N–H and O–H groups in total. The molecule has 0 radical (unpaired) electrons. The molecule has 20 heavy (non-hydrogen) atoms. The Hall–Kier alpha value is -1.87. The van der Waals surface area contributed by atoms with Crippen LogP contribution in [-0.2, 0) is 13.0 Å². The van der Waals surface area contributed by atoms with Crippen molar-refractivity contribution in [1.29, 1.82) is 5.26 Å². The predicted octanol–water partition coefficient (Wildman–Crippen LogP) is 2.73. The summed E-state index contributed by atoms with van der Waals surface area (Å²) in [6.45, 7) is 2.88. The van der Waals surface area contributed by atoms with Crippen molar-refractivity contribution in [2.45, 2.75) is 49.3 Å². The van der Waals surface area contributed by atoms with Gasteiger partial charge in [0.2, 0.25) is 0 Å². The third-order valence-electron chi connectivity index (χ3n) is 3.50. The molecule has 1 aliphatic rings. The van der Waals surface area contributed by atoms with Crippen LogP contribution in [0.15, 0.2) is 22.4 Å². The van der Waals surface area contributed by atoms with Gasteiger partial charge in [-0.05, 0) is 43.2 Å². The van der Waals surface area contributed by atoms with E-state index in [0.717, 1.165) is 35.9 Å². The van der Waals surface area contributed by atoms with Crippen LogP contribution in [-0.4, -0.2) is 19.7 Å². The van der Waals surface area contributed by atoms with Gasteiger partial charge < -0.3 is 4.57 Å². The van der Waals surface area contributed by atoms with Crippen molar-refractivity contribution in [3.63, 3.8) is 0 Å². The summed E-state index contributed by atoms with van der Waals surface area (Å²) in [5.74, 6) is 1.05. The van der Waals surface area contributed by atoms with Crippen LogP contribution >= 0.6 is 11.8 Å². The van der Waals surface area contributed by atoms with Crippen molar-refractivity contribution in [2.24, 2.45) is 0 Å². The number of pyridine rings is 1. The summed E-state index contributed by atoms with van der Waals surface area (Å²) < 4.78 is 2.17. The van der Waals surface area contributed by atoms with Crippen molar-refractivity contribution in [3.8, 4) is 6.07 Å². The molecule has 3 rings (SSSR count). The van der Waals surface area contributed by atoms with Gasteiger partial charge in [0.1, 0.15) is 16.9 Å². The van der Waals surface area contributed by atoms with Gasteiger partial charge in [-0.25, -0.2) is 4.98 Å². The first-order valence-corrected chi connectivity index (χ1v) is 7.57. The average molecular weight is 285 g/mol. The van der Waals surface area contributed by atoms with Gasteiger partial charge in [0.15, 0.2) is 5.16 Å². The summed E-state index contributed by atoms with van der Waals surface area (Å²) in [6.07, 6.45) is 6.29. The van der Waals surface area contributed by atoms with Crippen LogP contribution in [0.25, 0.3) is 0 Å². The van der Waals surface area contributed by atoms with Crippen molar-refractivity contribution >= 4 is 11.8 Å².